The van der Waals surface area contributed by atoms with Gasteiger partial charge >= 0.3 is 0 Å². The van der Waals surface area contributed by atoms with Crippen molar-refractivity contribution in [3.63, 3.8) is 0 Å². The van der Waals surface area contributed by atoms with Crippen LogP contribution in [0.15, 0.2) is 0 Å². The molecule has 17 heavy (non-hydrogen) atoms. The highest BCUT2D eigenvalue weighted by atomic mass is 15.1. The van der Waals surface area contributed by atoms with Crippen LogP contribution in [0.25, 0.3) is 0 Å². The summed E-state index contributed by atoms with van der Waals surface area (Å²) in [6, 6.07) is 0. The van der Waals surface area contributed by atoms with Crippen LogP contribution in [-0.4, -0.2) is 41.5 Å². The first-order valence-corrected chi connectivity index (χ1v) is 6.13. The second-order valence-electron chi connectivity index (χ2n) is 4.17. The number of nitrogens with two attached hydrogens (primary N) is 1. The highest BCUT2D eigenvalue weighted by Gasteiger charge is 2.07. The summed E-state index contributed by atoms with van der Waals surface area (Å²) in [7, 11) is 2.10. The van der Waals surface area contributed by atoms with Crippen molar-refractivity contribution in [2.45, 2.75) is 27.2 Å². The monoisotopic (exact) mass is 237 g/mol. The molecule has 0 aliphatic rings. The van der Waals surface area contributed by atoms with E-state index >= 15 is 0 Å². The number of hydrogen-bond acceptors (Lipinski definition) is 5. The van der Waals surface area contributed by atoms with Gasteiger partial charge in [0.2, 0.25) is 0 Å². The number of likely N-dealkylation sites (N-methyl/N-ethyl adjacent to an activating group) is 1. The predicted octanol–water partition coefficient (Wildman–Crippen LogP) is 1.29. The summed E-state index contributed by atoms with van der Waals surface area (Å²) in [5.41, 5.74) is 6.79. The molecule has 0 atom stereocenters. The van der Waals surface area contributed by atoms with Crippen molar-refractivity contribution < 1.29 is 0 Å². The van der Waals surface area contributed by atoms with Gasteiger partial charge in [0, 0.05) is 25.1 Å². The summed E-state index contributed by atoms with van der Waals surface area (Å²) in [4.78, 5) is 10.9. The molecular weight excluding hydrogens is 214 g/mol. The Morgan fingerprint density at radius 2 is 2.00 bits per heavy atom. The third kappa shape index (κ3) is 3.85. The molecule has 0 aliphatic carbocycles. The quantitative estimate of drug-likeness (QED) is 0.780. The van der Waals surface area contributed by atoms with Crippen molar-refractivity contribution in [3.05, 3.63) is 11.4 Å². The van der Waals surface area contributed by atoms with Gasteiger partial charge in [0.25, 0.3) is 0 Å². The summed E-state index contributed by atoms with van der Waals surface area (Å²) in [5, 5.41) is 3.32. The van der Waals surface area contributed by atoms with Crippen molar-refractivity contribution in [1.29, 1.82) is 0 Å². The van der Waals surface area contributed by atoms with Gasteiger partial charge in [-0.1, -0.05) is 13.8 Å². The van der Waals surface area contributed by atoms with Crippen LogP contribution in [0.1, 0.15) is 25.2 Å². The molecule has 0 bridgehead atoms. The molecule has 0 aromatic carbocycles. The first-order valence-electron chi connectivity index (χ1n) is 6.13. The van der Waals surface area contributed by atoms with E-state index in [1.54, 1.807) is 0 Å². The Morgan fingerprint density at radius 1 is 1.29 bits per heavy atom. The zero-order chi connectivity index (χ0) is 12.8. The number of nitrogens with one attached hydrogen (secondary N) is 1. The Balaban J connectivity index is 2.66. The number of anilines is 2. The molecule has 3 N–H and O–H groups in total. The molecule has 5 nitrogen and oxygen atoms in total. The molecule has 0 unspecified atom stereocenters. The molecule has 0 amide bonds. The summed E-state index contributed by atoms with van der Waals surface area (Å²) in [6.45, 7) is 9.02. The Morgan fingerprint density at radius 3 is 2.59 bits per heavy atom. The van der Waals surface area contributed by atoms with Crippen LogP contribution < -0.4 is 11.1 Å². The van der Waals surface area contributed by atoms with Crippen LogP contribution in [0.3, 0.4) is 0 Å². The standard InChI is InChI=1S/C12H23N5/c1-5-10-15-11(13)9(3)12(16-10)14-7-8-17(4)6-2/h5-8H2,1-4H3,(H3,13,14,15,16). The van der Waals surface area contributed by atoms with Gasteiger partial charge in [0.15, 0.2) is 0 Å². The van der Waals surface area contributed by atoms with Crippen molar-refractivity contribution in [1.82, 2.24) is 14.9 Å². The van der Waals surface area contributed by atoms with E-state index in [-0.39, 0.29) is 0 Å². The van der Waals surface area contributed by atoms with Gasteiger partial charge in [-0.05, 0) is 20.5 Å². The van der Waals surface area contributed by atoms with Gasteiger partial charge in [0.05, 0.1) is 0 Å². The first kappa shape index (κ1) is 13.7. The van der Waals surface area contributed by atoms with Crippen molar-refractivity contribution in [2.24, 2.45) is 0 Å². The summed E-state index contributed by atoms with van der Waals surface area (Å²) in [6.07, 6.45) is 0.800. The van der Waals surface area contributed by atoms with Gasteiger partial charge < -0.3 is 16.0 Å². The minimum atomic E-state index is 0.572. The van der Waals surface area contributed by atoms with E-state index in [0.717, 1.165) is 43.3 Å². The van der Waals surface area contributed by atoms with E-state index < -0.39 is 0 Å². The van der Waals surface area contributed by atoms with Gasteiger partial charge in [-0.15, -0.1) is 0 Å². The molecule has 1 aromatic heterocycles. The summed E-state index contributed by atoms with van der Waals surface area (Å²) >= 11 is 0. The average Bonchev–Trinajstić information content (AvgIpc) is 2.33. The van der Waals surface area contributed by atoms with E-state index in [1.807, 2.05) is 13.8 Å². The summed E-state index contributed by atoms with van der Waals surface area (Å²) < 4.78 is 0. The van der Waals surface area contributed by atoms with Crippen LogP contribution in [-0.2, 0) is 6.42 Å². The van der Waals surface area contributed by atoms with Crippen molar-refractivity contribution >= 4 is 11.6 Å². The first-order chi connectivity index (χ1) is 8.08. The van der Waals surface area contributed by atoms with Crippen molar-refractivity contribution in [3.8, 4) is 0 Å². The maximum absolute atomic E-state index is 5.85. The third-order valence-electron chi connectivity index (χ3n) is 2.87. The van der Waals surface area contributed by atoms with Crippen LogP contribution in [0.2, 0.25) is 0 Å². The molecule has 0 fully saturated rings. The SMILES string of the molecule is CCc1nc(N)c(C)c(NCCN(C)CC)n1. The van der Waals surface area contributed by atoms with E-state index in [9.17, 15) is 0 Å². The number of rotatable bonds is 6. The number of aromatic nitrogens is 2. The number of hydrogen-bond donors (Lipinski definition) is 2. The number of nitrogens with zero attached hydrogens (tertiary/aromatic N) is 3. The molecule has 5 heteroatoms. The Labute approximate surface area is 103 Å². The zero-order valence-corrected chi connectivity index (χ0v) is 11.2. The van der Waals surface area contributed by atoms with E-state index in [0.29, 0.717) is 5.82 Å². The fourth-order valence-corrected chi connectivity index (χ4v) is 1.44. The fraction of sp³-hybridized carbons (Fsp3) is 0.667. The lowest BCUT2D eigenvalue weighted by Gasteiger charge is -2.16. The number of aryl methyl sites for hydroxylation is 1. The average molecular weight is 237 g/mol. The molecule has 1 rings (SSSR count). The van der Waals surface area contributed by atoms with Crippen molar-refractivity contribution in [2.75, 3.05) is 37.7 Å². The second-order valence-corrected chi connectivity index (χ2v) is 4.17. The van der Waals surface area contributed by atoms with Gasteiger partial charge in [-0.2, -0.15) is 0 Å². The van der Waals surface area contributed by atoms with Gasteiger partial charge in [0.1, 0.15) is 17.5 Å². The third-order valence-corrected chi connectivity index (χ3v) is 2.87. The molecule has 0 spiro atoms. The van der Waals surface area contributed by atoms with Gasteiger partial charge in [-0.3, -0.25) is 0 Å². The zero-order valence-electron chi connectivity index (χ0n) is 11.2. The van der Waals surface area contributed by atoms with Crippen LogP contribution in [0.5, 0.6) is 0 Å². The maximum Gasteiger partial charge on any atom is 0.134 e. The molecule has 0 saturated heterocycles. The van der Waals surface area contributed by atoms with Crippen LogP contribution in [0.4, 0.5) is 11.6 Å². The minimum Gasteiger partial charge on any atom is -0.383 e. The Bertz CT molecular complexity index is 364. The van der Waals surface area contributed by atoms with Crippen LogP contribution in [0, 0.1) is 6.92 Å². The summed E-state index contributed by atoms with van der Waals surface area (Å²) in [5.74, 6) is 2.22. The van der Waals surface area contributed by atoms with E-state index in [1.165, 1.54) is 0 Å². The second kappa shape index (κ2) is 6.39. The Hall–Kier alpha value is -1.36. The molecular formula is C12H23N5. The lowest BCUT2D eigenvalue weighted by molar-refractivity contribution is 0.367. The lowest BCUT2D eigenvalue weighted by atomic mass is 10.3. The molecule has 0 radical (unpaired) electrons. The highest BCUT2D eigenvalue weighted by Crippen LogP contribution is 2.16. The largest absolute Gasteiger partial charge is 0.383 e. The topological polar surface area (TPSA) is 67.1 Å². The van der Waals surface area contributed by atoms with E-state index in [2.05, 4.69) is 34.2 Å². The Kier molecular flexibility index (Phi) is 5.15. The molecule has 1 heterocycles. The number of nitrogen functional groups attached to an aromatic ring is 1. The highest BCUT2D eigenvalue weighted by molar-refractivity contribution is 5.54. The lowest BCUT2D eigenvalue weighted by Crippen LogP contribution is -2.25. The fourth-order valence-electron chi connectivity index (χ4n) is 1.44. The van der Waals surface area contributed by atoms with E-state index in [4.69, 9.17) is 5.73 Å². The molecule has 96 valence electrons. The smallest absolute Gasteiger partial charge is 0.134 e. The molecule has 0 saturated carbocycles. The predicted molar refractivity (Wildman–Crippen MR) is 72.2 cm³/mol. The van der Waals surface area contributed by atoms with Gasteiger partial charge in [-0.25, -0.2) is 9.97 Å². The van der Waals surface area contributed by atoms with Crippen LogP contribution >= 0.6 is 0 Å². The molecule has 1 aromatic rings. The molecule has 0 aliphatic heterocycles. The normalized spacial score (nSPS) is 10.9. The minimum absolute atomic E-state index is 0.572. The maximum atomic E-state index is 5.85.